The Morgan fingerprint density at radius 2 is 2.13 bits per heavy atom. The van der Waals surface area contributed by atoms with Gasteiger partial charge in [-0.05, 0) is 12.8 Å². The summed E-state index contributed by atoms with van der Waals surface area (Å²) in [6.45, 7) is 1.34. The molecule has 1 fully saturated rings. The number of rotatable bonds is 1. The molecule has 1 saturated heterocycles. The van der Waals surface area contributed by atoms with E-state index in [2.05, 4.69) is 15.5 Å². The van der Waals surface area contributed by atoms with E-state index >= 15 is 0 Å². The van der Waals surface area contributed by atoms with Crippen LogP contribution < -0.4 is 5.32 Å². The van der Waals surface area contributed by atoms with Crippen LogP contribution in [0.15, 0.2) is 5.51 Å². The lowest BCUT2D eigenvalue weighted by molar-refractivity contribution is -0.142. The average molecular weight is 226 g/mol. The lowest BCUT2D eigenvalue weighted by atomic mass is 10.4. The fourth-order valence-electron chi connectivity index (χ4n) is 1.44. The zero-order chi connectivity index (χ0) is 10.7. The maximum absolute atomic E-state index is 11.5. The molecule has 0 unspecified atom stereocenters. The molecular formula is C8H10N4O2S. The number of anilines is 1. The second-order valence-corrected chi connectivity index (χ2v) is 4.03. The fourth-order valence-corrected chi connectivity index (χ4v) is 1.88. The number of carbonyl (C=O) groups excluding carboxylic acids is 2. The Morgan fingerprint density at radius 3 is 2.73 bits per heavy atom. The third kappa shape index (κ3) is 2.30. The Bertz CT molecular complexity index is 359. The maximum Gasteiger partial charge on any atom is 0.315 e. The van der Waals surface area contributed by atoms with Crippen molar-refractivity contribution in [3.63, 3.8) is 0 Å². The summed E-state index contributed by atoms with van der Waals surface area (Å²) in [5.41, 5.74) is 1.50. The van der Waals surface area contributed by atoms with Gasteiger partial charge in [0.05, 0.1) is 0 Å². The first-order valence-corrected chi connectivity index (χ1v) is 5.52. The van der Waals surface area contributed by atoms with E-state index in [0.29, 0.717) is 18.2 Å². The summed E-state index contributed by atoms with van der Waals surface area (Å²) in [7, 11) is 0. The fraction of sp³-hybridized carbons (Fsp3) is 0.500. The molecule has 15 heavy (non-hydrogen) atoms. The van der Waals surface area contributed by atoms with Gasteiger partial charge < -0.3 is 4.90 Å². The minimum atomic E-state index is -0.631. The Hall–Kier alpha value is -1.50. The normalized spacial score (nSPS) is 15.3. The Labute approximate surface area is 90.3 Å². The van der Waals surface area contributed by atoms with Gasteiger partial charge in [-0.1, -0.05) is 11.3 Å². The standard InChI is InChI=1S/C8H10N4O2S/c13-6(10-8-11-9-5-15-8)7(14)12-3-1-2-4-12/h5H,1-4H2,(H,10,11,13). The summed E-state index contributed by atoms with van der Waals surface area (Å²) in [6, 6.07) is 0. The highest BCUT2D eigenvalue weighted by Crippen LogP contribution is 2.10. The Balaban J connectivity index is 1.93. The van der Waals surface area contributed by atoms with E-state index in [9.17, 15) is 9.59 Å². The van der Waals surface area contributed by atoms with Crippen molar-refractivity contribution in [3.8, 4) is 0 Å². The smallest absolute Gasteiger partial charge is 0.315 e. The van der Waals surface area contributed by atoms with E-state index in [4.69, 9.17) is 0 Å². The number of hydrogen-bond donors (Lipinski definition) is 1. The molecule has 1 N–H and O–H groups in total. The van der Waals surface area contributed by atoms with Crippen LogP contribution in [-0.2, 0) is 9.59 Å². The molecule has 0 bridgehead atoms. The van der Waals surface area contributed by atoms with Crippen molar-refractivity contribution < 1.29 is 9.59 Å². The molecule has 2 heterocycles. The van der Waals surface area contributed by atoms with Gasteiger partial charge in [-0.25, -0.2) is 0 Å². The van der Waals surface area contributed by atoms with Gasteiger partial charge in [0, 0.05) is 13.1 Å². The zero-order valence-corrected chi connectivity index (χ0v) is 8.79. The molecule has 0 aliphatic carbocycles. The molecule has 80 valence electrons. The number of aromatic nitrogens is 2. The summed E-state index contributed by atoms with van der Waals surface area (Å²) in [4.78, 5) is 24.5. The van der Waals surface area contributed by atoms with Crippen molar-refractivity contribution in [1.82, 2.24) is 15.1 Å². The van der Waals surface area contributed by atoms with Gasteiger partial charge in [-0.3, -0.25) is 14.9 Å². The Morgan fingerprint density at radius 1 is 1.40 bits per heavy atom. The first kappa shape index (κ1) is 10.0. The van der Waals surface area contributed by atoms with E-state index in [1.807, 2.05) is 0 Å². The molecule has 0 saturated carbocycles. The summed E-state index contributed by atoms with van der Waals surface area (Å²) >= 11 is 1.19. The van der Waals surface area contributed by atoms with Crippen molar-refractivity contribution >= 4 is 28.3 Å². The van der Waals surface area contributed by atoms with Crippen LogP contribution >= 0.6 is 11.3 Å². The molecule has 2 amide bonds. The Kier molecular flexibility index (Phi) is 2.91. The predicted molar refractivity (Wildman–Crippen MR) is 54.4 cm³/mol. The first-order valence-electron chi connectivity index (χ1n) is 4.64. The minimum Gasteiger partial charge on any atom is -0.334 e. The van der Waals surface area contributed by atoms with Crippen LogP contribution in [0, 0.1) is 0 Å². The number of amides is 2. The van der Waals surface area contributed by atoms with Crippen molar-refractivity contribution in [2.24, 2.45) is 0 Å². The van der Waals surface area contributed by atoms with E-state index in [-0.39, 0.29) is 0 Å². The molecule has 1 aliphatic rings. The third-order valence-corrected chi connectivity index (χ3v) is 2.77. The van der Waals surface area contributed by atoms with Crippen LogP contribution in [0.4, 0.5) is 5.13 Å². The van der Waals surface area contributed by atoms with Crippen molar-refractivity contribution in [2.75, 3.05) is 18.4 Å². The number of nitrogens with zero attached hydrogens (tertiary/aromatic N) is 3. The van der Waals surface area contributed by atoms with Gasteiger partial charge in [0.1, 0.15) is 5.51 Å². The molecule has 6 nitrogen and oxygen atoms in total. The number of likely N-dealkylation sites (tertiary alicyclic amines) is 1. The monoisotopic (exact) mass is 226 g/mol. The highest BCUT2D eigenvalue weighted by Gasteiger charge is 2.24. The third-order valence-electron chi connectivity index (χ3n) is 2.17. The highest BCUT2D eigenvalue weighted by atomic mass is 32.1. The maximum atomic E-state index is 11.5. The second kappa shape index (κ2) is 4.35. The molecule has 1 aliphatic heterocycles. The van der Waals surface area contributed by atoms with Crippen LogP contribution in [0.2, 0.25) is 0 Å². The second-order valence-electron chi connectivity index (χ2n) is 3.20. The van der Waals surface area contributed by atoms with Gasteiger partial charge in [0.2, 0.25) is 5.13 Å². The molecule has 0 atom stereocenters. The molecule has 1 aromatic heterocycles. The average Bonchev–Trinajstić information content (AvgIpc) is 2.88. The van der Waals surface area contributed by atoms with Crippen molar-refractivity contribution in [2.45, 2.75) is 12.8 Å². The lowest BCUT2D eigenvalue weighted by Crippen LogP contribution is -2.37. The summed E-state index contributed by atoms with van der Waals surface area (Å²) < 4.78 is 0. The molecule has 7 heteroatoms. The lowest BCUT2D eigenvalue weighted by Gasteiger charge is -2.13. The van der Waals surface area contributed by atoms with Crippen LogP contribution in [0.3, 0.4) is 0 Å². The van der Waals surface area contributed by atoms with Crippen molar-refractivity contribution in [1.29, 1.82) is 0 Å². The van der Waals surface area contributed by atoms with E-state index in [0.717, 1.165) is 12.8 Å². The molecule has 0 aromatic carbocycles. The quantitative estimate of drug-likeness (QED) is 0.689. The zero-order valence-electron chi connectivity index (χ0n) is 7.97. The number of nitrogens with one attached hydrogen (secondary N) is 1. The molecule has 1 aromatic rings. The van der Waals surface area contributed by atoms with E-state index < -0.39 is 11.8 Å². The van der Waals surface area contributed by atoms with Gasteiger partial charge >= 0.3 is 11.8 Å². The molecule has 2 rings (SSSR count). The molecular weight excluding hydrogens is 216 g/mol. The topological polar surface area (TPSA) is 75.2 Å². The van der Waals surface area contributed by atoms with Crippen molar-refractivity contribution in [3.05, 3.63) is 5.51 Å². The number of carbonyl (C=O) groups is 2. The van der Waals surface area contributed by atoms with Gasteiger partial charge in [0.25, 0.3) is 0 Å². The van der Waals surface area contributed by atoms with Crippen LogP contribution in [0.5, 0.6) is 0 Å². The predicted octanol–water partition coefficient (Wildman–Crippen LogP) is 0.0990. The summed E-state index contributed by atoms with van der Waals surface area (Å²) in [5, 5.41) is 9.96. The largest absolute Gasteiger partial charge is 0.334 e. The van der Waals surface area contributed by atoms with Crippen LogP contribution in [-0.4, -0.2) is 40.0 Å². The van der Waals surface area contributed by atoms with E-state index in [1.54, 1.807) is 4.90 Å². The first-order chi connectivity index (χ1) is 7.27. The van der Waals surface area contributed by atoms with Gasteiger partial charge in [-0.2, -0.15) is 0 Å². The van der Waals surface area contributed by atoms with E-state index in [1.165, 1.54) is 16.8 Å². The number of hydrogen-bond acceptors (Lipinski definition) is 5. The molecule has 0 spiro atoms. The molecule has 0 radical (unpaired) electrons. The van der Waals surface area contributed by atoms with Crippen LogP contribution in [0.1, 0.15) is 12.8 Å². The van der Waals surface area contributed by atoms with Crippen LogP contribution in [0.25, 0.3) is 0 Å². The highest BCUT2D eigenvalue weighted by molar-refractivity contribution is 7.13. The van der Waals surface area contributed by atoms with Gasteiger partial charge in [-0.15, -0.1) is 10.2 Å². The summed E-state index contributed by atoms with van der Waals surface area (Å²) in [5.74, 6) is -1.11. The minimum absolute atomic E-state index is 0.354. The summed E-state index contributed by atoms with van der Waals surface area (Å²) in [6.07, 6.45) is 1.94. The van der Waals surface area contributed by atoms with Gasteiger partial charge in [0.15, 0.2) is 0 Å². The SMILES string of the molecule is O=C(Nc1nncs1)C(=O)N1CCCC1.